The largest absolute Gasteiger partial charge is 0.335 e. The fourth-order valence-corrected chi connectivity index (χ4v) is 2.80. The maximum Gasteiger partial charge on any atom is 0.320 e. The van der Waals surface area contributed by atoms with E-state index in [2.05, 4.69) is 20.9 Å². The van der Waals surface area contributed by atoms with Crippen molar-refractivity contribution >= 4 is 11.8 Å². The highest BCUT2D eigenvalue weighted by atomic mass is 19.3. The van der Waals surface area contributed by atoms with Crippen LogP contribution in [0.25, 0.3) is 0 Å². The van der Waals surface area contributed by atoms with Crippen LogP contribution in [-0.2, 0) is 7.05 Å². The number of aromatic nitrogens is 3. The average Bonchev–Trinajstić information content (AvgIpc) is 2.83. The number of nitrogens with zero attached hydrogens (tertiary/aromatic N) is 3. The van der Waals surface area contributed by atoms with Crippen molar-refractivity contribution in [3.63, 3.8) is 0 Å². The zero-order valence-electron chi connectivity index (χ0n) is 12.8. The van der Waals surface area contributed by atoms with Gasteiger partial charge in [0.05, 0.1) is 0 Å². The number of alkyl halides is 2. The predicted molar refractivity (Wildman–Crippen MR) is 80.3 cm³/mol. The Hall–Kier alpha value is -2.58. The summed E-state index contributed by atoms with van der Waals surface area (Å²) in [5.74, 6) is -0.367. The lowest BCUT2D eigenvalue weighted by molar-refractivity contribution is 0.141. The van der Waals surface area contributed by atoms with Gasteiger partial charge in [0.1, 0.15) is 11.5 Å². The van der Waals surface area contributed by atoms with Gasteiger partial charge >= 0.3 is 6.03 Å². The molecular weight excluding hydrogens is 323 g/mol. The zero-order valence-corrected chi connectivity index (χ0v) is 12.8. The van der Waals surface area contributed by atoms with E-state index in [0.29, 0.717) is 12.8 Å². The molecule has 2 amide bonds. The molecule has 1 aliphatic rings. The van der Waals surface area contributed by atoms with Gasteiger partial charge in [0.2, 0.25) is 0 Å². The minimum atomic E-state index is -2.79. The van der Waals surface area contributed by atoms with Gasteiger partial charge < -0.3 is 5.32 Å². The number of carbonyl (C=O) groups excluding carboxylic acids is 1. The molecule has 1 aliphatic carbocycles. The van der Waals surface area contributed by atoms with Gasteiger partial charge in [-0.25, -0.2) is 22.6 Å². The molecule has 0 bridgehead atoms. The number of anilines is 1. The van der Waals surface area contributed by atoms with Crippen LogP contribution in [0.4, 0.5) is 23.8 Å². The molecule has 3 rings (SSSR count). The zero-order chi connectivity index (χ0) is 17.3. The van der Waals surface area contributed by atoms with E-state index in [1.807, 2.05) is 6.07 Å². The summed E-state index contributed by atoms with van der Waals surface area (Å²) in [5, 5.41) is 12.0. The molecule has 1 fully saturated rings. The molecule has 1 heterocycles. The van der Waals surface area contributed by atoms with Crippen LogP contribution in [0.2, 0.25) is 0 Å². The first-order chi connectivity index (χ1) is 11.4. The molecular formula is C15H16F3N5O. The number of nitrogens with one attached hydrogen (secondary N) is 2. The van der Waals surface area contributed by atoms with Crippen molar-refractivity contribution in [2.45, 2.75) is 31.2 Å². The predicted octanol–water partition coefficient (Wildman–Crippen LogP) is 2.96. The van der Waals surface area contributed by atoms with E-state index in [1.54, 1.807) is 6.07 Å². The first kappa shape index (κ1) is 16.3. The molecule has 0 radical (unpaired) electrons. The van der Waals surface area contributed by atoms with Crippen LogP contribution in [0.3, 0.4) is 0 Å². The van der Waals surface area contributed by atoms with E-state index in [9.17, 15) is 18.0 Å². The van der Waals surface area contributed by atoms with Gasteiger partial charge in [-0.1, -0.05) is 17.3 Å². The number of rotatable bonds is 4. The second-order valence-corrected chi connectivity index (χ2v) is 5.77. The Kier molecular flexibility index (Phi) is 4.41. The van der Waals surface area contributed by atoms with E-state index in [4.69, 9.17) is 0 Å². The smallest absolute Gasteiger partial charge is 0.320 e. The van der Waals surface area contributed by atoms with Gasteiger partial charge in [-0.2, -0.15) is 0 Å². The summed E-state index contributed by atoms with van der Waals surface area (Å²) >= 11 is 0. The molecule has 6 nitrogen and oxygen atoms in total. The maximum absolute atomic E-state index is 13.2. The summed E-state index contributed by atoms with van der Waals surface area (Å²) in [5.41, 5.74) is 0.443. The number of benzene rings is 1. The quantitative estimate of drug-likeness (QED) is 0.900. The van der Waals surface area contributed by atoms with E-state index in [1.165, 1.54) is 19.2 Å². The van der Waals surface area contributed by atoms with Crippen molar-refractivity contribution in [2.24, 2.45) is 7.05 Å². The minimum Gasteiger partial charge on any atom is -0.335 e. The summed E-state index contributed by atoms with van der Waals surface area (Å²) < 4.78 is 39.9. The average molecular weight is 339 g/mol. The molecule has 1 saturated carbocycles. The number of aryl methyl sites for hydroxylation is 1. The van der Waals surface area contributed by atoms with Crippen LogP contribution < -0.4 is 10.6 Å². The lowest BCUT2D eigenvalue weighted by atomic mass is 9.76. The van der Waals surface area contributed by atoms with E-state index in [-0.39, 0.29) is 23.6 Å². The Morgan fingerprint density at radius 3 is 2.79 bits per heavy atom. The van der Waals surface area contributed by atoms with Gasteiger partial charge in [-0.05, 0) is 36.5 Å². The van der Waals surface area contributed by atoms with E-state index >= 15 is 0 Å². The monoisotopic (exact) mass is 339 g/mol. The first-order valence-corrected chi connectivity index (χ1v) is 7.44. The topological polar surface area (TPSA) is 71.8 Å². The van der Waals surface area contributed by atoms with Gasteiger partial charge in [-0.3, -0.25) is 5.32 Å². The van der Waals surface area contributed by atoms with E-state index < -0.39 is 18.2 Å². The summed E-state index contributed by atoms with van der Waals surface area (Å²) in [6.07, 6.45) is -1.46. The van der Waals surface area contributed by atoms with Crippen LogP contribution in [-0.4, -0.2) is 27.1 Å². The van der Waals surface area contributed by atoms with Gasteiger partial charge in [-0.15, -0.1) is 5.10 Å². The number of urea groups is 1. The number of amides is 2. The van der Waals surface area contributed by atoms with Crippen molar-refractivity contribution < 1.29 is 18.0 Å². The third-order valence-corrected chi connectivity index (χ3v) is 4.10. The Balaban J connectivity index is 1.52. The molecule has 0 unspecified atom stereocenters. The first-order valence-electron chi connectivity index (χ1n) is 7.44. The standard InChI is InChI=1S/C15H16F3N5O/c1-23-12(13(17)18)14(21-22-23)20-15(24)19-11-6-9(7-11)8-3-2-4-10(16)5-8/h2-5,9,11,13H,6-7H2,1H3,(H2,19,20,24). The number of hydrogen-bond acceptors (Lipinski definition) is 3. The number of halogens is 3. The highest BCUT2D eigenvalue weighted by Gasteiger charge is 2.32. The third-order valence-electron chi connectivity index (χ3n) is 4.10. The summed E-state index contributed by atoms with van der Waals surface area (Å²) in [6.45, 7) is 0. The minimum absolute atomic E-state index is 0.0926. The Morgan fingerprint density at radius 2 is 2.12 bits per heavy atom. The highest BCUT2D eigenvalue weighted by molar-refractivity contribution is 5.89. The van der Waals surface area contributed by atoms with Crippen molar-refractivity contribution in [1.82, 2.24) is 20.3 Å². The van der Waals surface area contributed by atoms with Crippen molar-refractivity contribution in [3.8, 4) is 0 Å². The summed E-state index contributed by atoms with van der Waals surface area (Å²) in [4.78, 5) is 11.9. The van der Waals surface area contributed by atoms with Crippen LogP contribution in [0.5, 0.6) is 0 Å². The molecule has 2 aromatic rings. The molecule has 0 atom stereocenters. The lowest BCUT2D eigenvalue weighted by Crippen LogP contribution is -2.45. The Bertz CT molecular complexity index is 742. The number of carbonyl (C=O) groups is 1. The van der Waals surface area contributed by atoms with Crippen LogP contribution in [0.15, 0.2) is 24.3 Å². The molecule has 1 aromatic carbocycles. The molecule has 128 valence electrons. The SMILES string of the molecule is Cn1nnc(NC(=O)NC2CC(c3cccc(F)c3)C2)c1C(F)F. The summed E-state index contributed by atoms with van der Waals surface area (Å²) in [6, 6.07) is 5.66. The molecule has 0 aliphatic heterocycles. The van der Waals surface area contributed by atoms with Crippen LogP contribution in [0.1, 0.15) is 36.4 Å². The van der Waals surface area contributed by atoms with Crippen molar-refractivity contribution in [1.29, 1.82) is 0 Å². The molecule has 0 saturated heterocycles. The van der Waals surface area contributed by atoms with Gasteiger partial charge in [0, 0.05) is 13.1 Å². The highest BCUT2D eigenvalue weighted by Crippen LogP contribution is 2.37. The molecule has 9 heteroatoms. The van der Waals surface area contributed by atoms with Gasteiger partial charge in [0.25, 0.3) is 6.43 Å². The normalized spacial score (nSPS) is 19.9. The molecule has 0 spiro atoms. The van der Waals surface area contributed by atoms with E-state index in [0.717, 1.165) is 10.2 Å². The van der Waals surface area contributed by atoms with Gasteiger partial charge in [0.15, 0.2) is 5.82 Å². The maximum atomic E-state index is 13.2. The molecule has 24 heavy (non-hydrogen) atoms. The Labute approximate surface area is 136 Å². The third kappa shape index (κ3) is 3.34. The lowest BCUT2D eigenvalue weighted by Gasteiger charge is -2.36. The van der Waals surface area contributed by atoms with Crippen molar-refractivity contribution in [3.05, 3.63) is 41.3 Å². The second kappa shape index (κ2) is 6.50. The fourth-order valence-electron chi connectivity index (χ4n) is 2.80. The second-order valence-electron chi connectivity index (χ2n) is 5.77. The molecule has 2 N–H and O–H groups in total. The fraction of sp³-hybridized carbons (Fsp3) is 0.400. The number of hydrogen-bond donors (Lipinski definition) is 2. The van der Waals surface area contributed by atoms with Crippen LogP contribution in [0, 0.1) is 5.82 Å². The Morgan fingerprint density at radius 1 is 1.38 bits per heavy atom. The van der Waals surface area contributed by atoms with Crippen LogP contribution >= 0.6 is 0 Å². The molecule has 1 aromatic heterocycles. The summed E-state index contributed by atoms with van der Waals surface area (Å²) in [7, 11) is 1.33. The van der Waals surface area contributed by atoms with Crippen molar-refractivity contribution in [2.75, 3.05) is 5.32 Å².